The highest BCUT2D eigenvalue weighted by Gasteiger charge is 2.30. The van der Waals surface area contributed by atoms with Crippen LogP contribution in [0.4, 0.5) is 15.8 Å². The maximum absolute atomic E-state index is 14.5. The molecule has 0 N–H and O–H groups in total. The van der Waals surface area contributed by atoms with Crippen molar-refractivity contribution in [2.24, 2.45) is 0 Å². The monoisotopic (exact) mass is 478 g/mol. The lowest BCUT2D eigenvalue weighted by Gasteiger charge is -2.36. The van der Waals surface area contributed by atoms with Crippen molar-refractivity contribution in [1.29, 1.82) is 0 Å². The Labute approximate surface area is 190 Å². The lowest BCUT2D eigenvalue weighted by molar-refractivity contribution is -0.384. The van der Waals surface area contributed by atoms with Gasteiger partial charge in [0.25, 0.3) is 11.6 Å². The zero-order valence-electron chi connectivity index (χ0n) is 17.7. The molecule has 0 bridgehead atoms. The quantitative estimate of drug-likeness (QED) is 0.475. The summed E-state index contributed by atoms with van der Waals surface area (Å²) in [4.78, 5) is 26.7. The van der Waals surface area contributed by atoms with Gasteiger partial charge in [0.15, 0.2) is 0 Å². The minimum atomic E-state index is -3.86. The Morgan fingerprint density at radius 3 is 2.21 bits per heavy atom. The number of hydrogen-bond donors (Lipinski definition) is 0. The van der Waals surface area contributed by atoms with Gasteiger partial charge in [-0.15, -0.1) is 0 Å². The molecule has 1 amide bonds. The van der Waals surface area contributed by atoms with Crippen molar-refractivity contribution in [2.75, 3.05) is 57.4 Å². The number of nitro benzene ring substituents is 1. The van der Waals surface area contributed by atoms with Gasteiger partial charge in [0.05, 0.1) is 28.6 Å². The lowest BCUT2D eigenvalue weighted by Crippen LogP contribution is -2.49. The number of nitro groups is 1. The second kappa shape index (κ2) is 9.41. The van der Waals surface area contributed by atoms with Gasteiger partial charge < -0.3 is 14.5 Å². The van der Waals surface area contributed by atoms with Gasteiger partial charge in [0, 0.05) is 57.1 Å². The molecule has 0 atom stereocenters. The van der Waals surface area contributed by atoms with Crippen LogP contribution in [0, 0.1) is 15.9 Å². The van der Waals surface area contributed by atoms with Gasteiger partial charge in [-0.25, -0.2) is 12.8 Å². The molecular formula is C21H23FN4O6S. The van der Waals surface area contributed by atoms with Crippen LogP contribution in [0.15, 0.2) is 47.4 Å². The molecule has 12 heteroatoms. The van der Waals surface area contributed by atoms with Crippen LogP contribution in [-0.4, -0.2) is 80.9 Å². The first-order valence-electron chi connectivity index (χ1n) is 10.4. The van der Waals surface area contributed by atoms with E-state index in [1.54, 1.807) is 12.1 Å². The topological polar surface area (TPSA) is 113 Å². The van der Waals surface area contributed by atoms with E-state index < -0.39 is 26.7 Å². The molecule has 2 fully saturated rings. The van der Waals surface area contributed by atoms with Crippen molar-refractivity contribution >= 4 is 27.3 Å². The number of ether oxygens (including phenoxy) is 1. The number of hydrogen-bond acceptors (Lipinski definition) is 7. The van der Waals surface area contributed by atoms with Gasteiger partial charge in [-0.2, -0.15) is 4.31 Å². The van der Waals surface area contributed by atoms with Crippen LogP contribution >= 0.6 is 0 Å². The first-order valence-corrected chi connectivity index (χ1v) is 11.9. The second-order valence-electron chi connectivity index (χ2n) is 7.71. The molecule has 2 aliphatic rings. The summed E-state index contributed by atoms with van der Waals surface area (Å²) < 4.78 is 46.7. The highest BCUT2D eigenvalue weighted by molar-refractivity contribution is 7.89. The van der Waals surface area contributed by atoms with Crippen LogP contribution in [0.5, 0.6) is 0 Å². The van der Waals surface area contributed by atoms with E-state index in [9.17, 15) is 27.7 Å². The number of nitrogens with zero attached hydrogens (tertiary/aromatic N) is 4. The first kappa shape index (κ1) is 23.1. The highest BCUT2D eigenvalue weighted by Crippen LogP contribution is 2.24. The Kier molecular flexibility index (Phi) is 6.58. The molecule has 0 aromatic heterocycles. The van der Waals surface area contributed by atoms with Crippen LogP contribution in [-0.2, 0) is 14.8 Å². The van der Waals surface area contributed by atoms with Gasteiger partial charge in [0.2, 0.25) is 10.0 Å². The fourth-order valence-electron chi connectivity index (χ4n) is 3.89. The van der Waals surface area contributed by atoms with Crippen molar-refractivity contribution in [3.63, 3.8) is 0 Å². The molecule has 2 aliphatic heterocycles. The summed E-state index contributed by atoms with van der Waals surface area (Å²) >= 11 is 0. The number of amides is 1. The predicted molar refractivity (Wildman–Crippen MR) is 117 cm³/mol. The van der Waals surface area contributed by atoms with E-state index in [0.717, 1.165) is 17.8 Å². The summed E-state index contributed by atoms with van der Waals surface area (Å²) in [5.41, 5.74) is 0.501. The summed E-state index contributed by atoms with van der Waals surface area (Å²) in [5.74, 6) is -1.35. The largest absolute Gasteiger partial charge is 0.379 e. The number of rotatable bonds is 5. The van der Waals surface area contributed by atoms with Crippen molar-refractivity contribution in [3.05, 3.63) is 64.0 Å². The maximum atomic E-state index is 14.5. The molecule has 2 saturated heterocycles. The van der Waals surface area contributed by atoms with E-state index in [2.05, 4.69) is 0 Å². The summed E-state index contributed by atoms with van der Waals surface area (Å²) in [5, 5.41) is 10.8. The number of carbonyl (C=O) groups is 1. The number of benzene rings is 2. The molecule has 0 spiro atoms. The first-order chi connectivity index (χ1) is 15.8. The van der Waals surface area contributed by atoms with E-state index in [1.165, 1.54) is 27.4 Å². The number of morpholine rings is 1. The molecular weight excluding hydrogens is 455 g/mol. The number of anilines is 1. The van der Waals surface area contributed by atoms with Crippen LogP contribution < -0.4 is 4.90 Å². The van der Waals surface area contributed by atoms with Gasteiger partial charge in [-0.05, 0) is 30.3 Å². The zero-order chi connectivity index (χ0) is 23.6. The smallest absolute Gasteiger partial charge is 0.269 e. The Morgan fingerprint density at radius 2 is 1.61 bits per heavy atom. The van der Waals surface area contributed by atoms with E-state index in [0.29, 0.717) is 26.2 Å². The van der Waals surface area contributed by atoms with Gasteiger partial charge in [0.1, 0.15) is 5.82 Å². The van der Waals surface area contributed by atoms with E-state index in [-0.39, 0.29) is 42.4 Å². The Morgan fingerprint density at radius 1 is 0.970 bits per heavy atom. The lowest BCUT2D eigenvalue weighted by atomic mass is 10.1. The van der Waals surface area contributed by atoms with Crippen molar-refractivity contribution in [3.8, 4) is 0 Å². The van der Waals surface area contributed by atoms with Crippen LogP contribution in [0.25, 0.3) is 0 Å². The van der Waals surface area contributed by atoms with Crippen LogP contribution in [0.2, 0.25) is 0 Å². The third kappa shape index (κ3) is 4.82. The number of carbonyl (C=O) groups excluding carboxylic acids is 1. The number of non-ortho nitro benzene ring substituents is 1. The zero-order valence-corrected chi connectivity index (χ0v) is 18.5. The molecule has 2 aromatic rings. The molecule has 2 aromatic carbocycles. The van der Waals surface area contributed by atoms with E-state index in [1.807, 2.05) is 4.90 Å². The molecule has 4 rings (SSSR count). The Bertz CT molecular complexity index is 1140. The van der Waals surface area contributed by atoms with Crippen LogP contribution in [0.3, 0.4) is 0 Å². The summed E-state index contributed by atoms with van der Waals surface area (Å²) in [6.45, 7) is 2.48. The molecule has 0 radical (unpaired) electrons. The Balaban J connectivity index is 1.46. The molecule has 0 aliphatic carbocycles. The maximum Gasteiger partial charge on any atom is 0.269 e. The van der Waals surface area contributed by atoms with Gasteiger partial charge >= 0.3 is 0 Å². The fraction of sp³-hybridized carbons (Fsp3) is 0.381. The molecule has 0 saturated carbocycles. The molecule has 33 heavy (non-hydrogen) atoms. The van der Waals surface area contributed by atoms with Crippen molar-refractivity contribution < 1.29 is 27.3 Å². The van der Waals surface area contributed by atoms with E-state index in [4.69, 9.17) is 4.74 Å². The summed E-state index contributed by atoms with van der Waals surface area (Å²) in [6.07, 6.45) is 0. The van der Waals surface area contributed by atoms with Crippen molar-refractivity contribution in [2.45, 2.75) is 4.90 Å². The molecule has 176 valence electrons. The SMILES string of the molecule is O=C(c1cc(S(=O)(=O)N2CCOCC2)ccc1F)N1CCN(c2ccc([N+](=O)[O-])cc2)CC1. The standard InChI is InChI=1S/C21H23FN4O6S/c22-20-6-5-18(33(30,31)25-11-13-32-14-12-25)15-19(20)21(27)24-9-7-23(8-10-24)16-1-3-17(4-2-16)26(28)29/h1-6,15H,7-14H2. The molecule has 2 heterocycles. The minimum absolute atomic E-state index is 0.00467. The van der Waals surface area contributed by atoms with E-state index >= 15 is 0 Å². The van der Waals surface area contributed by atoms with Gasteiger partial charge in [-0.3, -0.25) is 14.9 Å². The number of piperazine rings is 1. The Hall–Kier alpha value is -3.09. The summed E-state index contributed by atoms with van der Waals surface area (Å²) in [6, 6.07) is 9.41. The minimum Gasteiger partial charge on any atom is -0.379 e. The predicted octanol–water partition coefficient (Wildman–Crippen LogP) is 1.72. The third-order valence-electron chi connectivity index (χ3n) is 5.77. The normalized spacial score (nSPS) is 17.7. The van der Waals surface area contributed by atoms with Crippen LogP contribution in [0.1, 0.15) is 10.4 Å². The molecule has 10 nitrogen and oxygen atoms in total. The average Bonchev–Trinajstić information content (AvgIpc) is 2.84. The highest BCUT2D eigenvalue weighted by atomic mass is 32.2. The number of halogens is 1. The third-order valence-corrected chi connectivity index (χ3v) is 7.66. The summed E-state index contributed by atoms with van der Waals surface area (Å²) in [7, 11) is -3.86. The fourth-order valence-corrected chi connectivity index (χ4v) is 5.32. The average molecular weight is 479 g/mol. The number of sulfonamides is 1. The van der Waals surface area contributed by atoms with Crippen molar-refractivity contribution in [1.82, 2.24) is 9.21 Å². The molecule has 0 unspecified atom stereocenters. The second-order valence-corrected chi connectivity index (χ2v) is 9.65. The van der Waals surface area contributed by atoms with Gasteiger partial charge in [-0.1, -0.05) is 0 Å².